The van der Waals surface area contributed by atoms with Gasteiger partial charge in [-0.1, -0.05) is 11.2 Å². The Morgan fingerprint density at radius 3 is 2.75 bits per heavy atom. The minimum absolute atomic E-state index is 0.0152. The Morgan fingerprint density at radius 2 is 2.20 bits per heavy atom. The topological polar surface area (TPSA) is 136 Å². The number of benzene rings is 1. The molecule has 1 aromatic rings. The van der Waals surface area contributed by atoms with E-state index in [1.165, 1.54) is 25.3 Å². The zero-order valence-electron chi connectivity index (χ0n) is 10.8. The SMILES string of the molecule is COc1cc(C(=O)O)ccc1C(O)C(O)CCN=[N+]=[N-]. The van der Waals surface area contributed by atoms with Crippen molar-refractivity contribution in [2.24, 2.45) is 5.11 Å². The molecule has 0 amide bonds. The first-order chi connectivity index (χ1) is 9.51. The predicted octanol–water partition coefficient (Wildman–Crippen LogP) is 1.49. The normalized spacial score (nSPS) is 13.2. The van der Waals surface area contributed by atoms with Crippen LogP contribution in [0.5, 0.6) is 5.75 Å². The van der Waals surface area contributed by atoms with E-state index in [-0.39, 0.29) is 29.8 Å². The number of aliphatic hydroxyl groups excluding tert-OH is 2. The molecule has 0 saturated carbocycles. The van der Waals surface area contributed by atoms with Crippen LogP contribution in [-0.4, -0.2) is 41.0 Å². The van der Waals surface area contributed by atoms with Crippen LogP contribution in [0.2, 0.25) is 0 Å². The quantitative estimate of drug-likeness (QED) is 0.395. The van der Waals surface area contributed by atoms with E-state index in [1.54, 1.807) is 0 Å². The van der Waals surface area contributed by atoms with Gasteiger partial charge in [0, 0.05) is 17.0 Å². The van der Waals surface area contributed by atoms with E-state index >= 15 is 0 Å². The van der Waals surface area contributed by atoms with Gasteiger partial charge in [-0.05, 0) is 24.1 Å². The molecule has 0 bridgehead atoms. The van der Waals surface area contributed by atoms with Crippen molar-refractivity contribution in [1.29, 1.82) is 0 Å². The Morgan fingerprint density at radius 1 is 1.50 bits per heavy atom. The maximum Gasteiger partial charge on any atom is 0.335 e. The number of nitrogens with zero attached hydrogens (tertiary/aromatic N) is 3. The number of azide groups is 1. The summed E-state index contributed by atoms with van der Waals surface area (Å²) in [6.45, 7) is 0.0459. The highest BCUT2D eigenvalue weighted by Crippen LogP contribution is 2.29. The monoisotopic (exact) mass is 281 g/mol. The lowest BCUT2D eigenvalue weighted by Gasteiger charge is -2.20. The molecule has 108 valence electrons. The Bertz CT molecular complexity index is 528. The van der Waals surface area contributed by atoms with Crippen LogP contribution in [0.25, 0.3) is 10.4 Å². The molecule has 0 aromatic heterocycles. The number of carboxylic acid groups (broad SMARTS) is 1. The number of aromatic carboxylic acids is 1. The lowest BCUT2D eigenvalue weighted by Crippen LogP contribution is -2.20. The second-order valence-electron chi connectivity index (χ2n) is 4.02. The molecule has 8 nitrogen and oxygen atoms in total. The van der Waals surface area contributed by atoms with Crippen molar-refractivity contribution in [2.45, 2.75) is 18.6 Å². The predicted molar refractivity (Wildman–Crippen MR) is 69.5 cm³/mol. The van der Waals surface area contributed by atoms with Gasteiger partial charge in [-0.2, -0.15) is 0 Å². The number of ether oxygens (including phenoxy) is 1. The fraction of sp³-hybridized carbons (Fsp3) is 0.417. The van der Waals surface area contributed by atoms with Crippen molar-refractivity contribution >= 4 is 5.97 Å². The highest BCUT2D eigenvalue weighted by Gasteiger charge is 2.22. The van der Waals surface area contributed by atoms with Gasteiger partial charge in [0.1, 0.15) is 11.9 Å². The Hall–Kier alpha value is -2.28. The van der Waals surface area contributed by atoms with Crippen molar-refractivity contribution < 1.29 is 24.9 Å². The average molecular weight is 281 g/mol. The molecule has 0 fully saturated rings. The molecule has 20 heavy (non-hydrogen) atoms. The highest BCUT2D eigenvalue weighted by atomic mass is 16.5. The molecular formula is C12H15N3O5. The van der Waals surface area contributed by atoms with E-state index < -0.39 is 18.2 Å². The number of hydrogen-bond acceptors (Lipinski definition) is 5. The fourth-order valence-corrected chi connectivity index (χ4v) is 1.69. The van der Waals surface area contributed by atoms with Gasteiger partial charge < -0.3 is 20.1 Å². The molecule has 0 radical (unpaired) electrons. The standard InChI is InChI=1S/C12H15N3O5/c1-20-10-6-7(12(18)19)2-3-8(10)11(17)9(16)4-5-14-15-13/h2-3,6,9,11,16-17H,4-5H2,1H3,(H,18,19). The first-order valence-electron chi connectivity index (χ1n) is 5.79. The minimum Gasteiger partial charge on any atom is -0.496 e. The number of hydrogen-bond donors (Lipinski definition) is 3. The summed E-state index contributed by atoms with van der Waals surface area (Å²) in [5.74, 6) is -0.950. The summed E-state index contributed by atoms with van der Waals surface area (Å²) >= 11 is 0. The van der Waals surface area contributed by atoms with Gasteiger partial charge in [-0.3, -0.25) is 0 Å². The lowest BCUT2D eigenvalue weighted by atomic mass is 9.99. The van der Waals surface area contributed by atoms with Crippen molar-refractivity contribution in [1.82, 2.24) is 0 Å². The summed E-state index contributed by atoms with van der Waals surface area (Å²) in [7, 11) is 1.34. The molecule has 8 heteroatoms. The molecule has 0 heterocycles. The number of methoxy groups -OCH3 is 1. The van der Waals surface area contributed by atoms with Gasteiger partial charge in [-0.15, -0.1) is 0 Å². The van der Waals surface area contributed by atoms with Crippen LogP contribution in [-0.2, 0) is 0 Å². The van der Waals surface area contributed by atoms with Crippen LogP contribution in [0.15, 0.2) is 23.3 Å². The van der Waals surface area contributed by atoms with E-state index in [4.69, 9.17) is 15.4 Å². The van der Waals surface area contributed by atoms with Gasteiger partial charge in [0.05, 0.1) is 18.8 Å². The second-order valence-corrected chi connectivity index (χ2v) is 4.02. The van der Waals surface area contributed by atoms with E-state index in [2.05, 4.69) is 10.0 Å². The summed E-state index contributed by atoms with van der Waals surface area (Å²) < 4.78 is 5.02. The summed E-state index contributed by atoms with van der Waals surface area (Å²) in [5.41, 5.74) is 8.42. The maximum atomic E-state index is 10.8. The van der Waals surface area contributed by atoms with Gasteiger partial charge in [0.2, 0.25) is 0 Å². The molecular weight excluding hydrogens is 266 g/mol. The van der Waals surface area contributed by atoms with Gasteiger partial charge >= 0.3 is 5.97 Å². The number of carboxylic acids is 1. The third-order valence-corrected chi connectivity index (χ3v) is 2.75. The fourth-order valence-electron chi connectivity index (χ4n) is 1.69. The van der Waals surface area contributed by atoms with Crippen LogP contribution in [0.3, 0.4) is 0 Å². The number of aliphatic hydroxyl groups is 2. The zero-order valence-corrected chi connectivity index (χ0v) is 10.8. The number of rotatable bonds is 7. The van der Waals surface area contributed by atoms with Gasteiger partial charge in [0.15, 0.2) is 0 Å². The second kappa shape index (κ2) is 7.34. The van der Waals surface area contributed by atoms with Gasteiger partial charge in [-0.25, -0.2) is 4.79 Å². The number of carbonyl (C=O) groups is 1. The van der Waals surface area contributed by atoms with Crippen LogP contribution >= 0.6 is 0 Å². The van der Waals surface area contributed by atoms with Crippen molar-refractivity contribution in [3.05, 3.63) is 39.8 Å². The molecule has 1 rings (SSSR count). The highest BCUT2D eigenvalue weighted by molar-refractivity contribution is 5.88. The van der Waals surface area contributed by atoms with E-state index in [0.29, 0.717) is 0 Å². The zero-order chi connectivity index (χ0) is 15.1. The lowest BCUT2D eigenvalue weighted by molar-refractivity contribution is 0.0137. The molecule has 0 aliphatic rings. The van der Waals surface area contributed by atoms with E-state index in [0.717, 1.165) is 0 Å². The molecule has 2 atom stereocenters. The third kappa shape index (κ3) is 3.86. The first kappa shape index (κ1) is 15.8. The Balaban J connectivity index is 2.93. The van der Waals surface area contributed by atoms with Crippen LogP contribution in [0.4, 0.5) is 0 Å². The molecule has 0 saturated heterocycles. The summed E-state index contributed by atoms with van der Waals surface area (Å²) in [5, 5.41) is 31.9. The smallest absolute Gasteiger partial charge is 0.335 e. The average Bonchev–Trinajstić information content (AvgIpc) is 2.45. The molecule has 1 aromatic carbocycles. The van der Waals surface area contributed by atoms with Gasteiger partial charge in [0.25, 0.3) is 0 Å². The van der Waals surface area contributed by atoms with Crippen LogP contribution < -0.4 is 4.74 Å². The van der Waals surface area contributed by atoms with Crippen molar-refractivity contribution in [2.75, 3.05) is 13.7 Å². The molecule has 3 N–H and O–H groups in total. The first-order valence-corrected chi connectivity index (χ1v) is 5.79. The largest absolute Gasteiger partial charge is 0.496 e. The van der Waals surface area contributed by atoms with E-state index in [1.807, 2.05) is 0 Å². The van der Waals surface area contributed by atoms with E-state index in [9.17, 15) is 15.0 Å². The minimum atomic E-state index is -1.26. The summed E-state index contributed by atoms with van der Waals surface area (Å²) in [4.78, 5) is 13.4. The Labute approximate surface area is 114 Å². The summed E-state index contributed by atoms with van der Waals surface area (Å²) in [6.07, 6.45) is -2.33. The van der Waals surface area contributed by atoms with Crippen molar-refractivity contribution in [3.8, 4) is 5.75 Å². The maximum absolute atomic E-state index is 10.8. The molecule has 0 aliphatic heterocycles. The molecule has 0 spiro atoms. The Kier molecular flexibility index (Phi) is 5.79. The molecule has 0 aliphatic carbocycles. The van der Waals surface area contributed by atoms with Crippen LogP contribution in [0.1, 0.15) is 28.4 Å². The van der Waals surface area contributed by atoms with Crippen molar-refractivity contribution in [3.63, 3.8) is 0 Å². The third-order valence-electron chi connectivity index (χ3n) is 2.75. The molecule has 2 unspecified atom stereocenters. The summed E-state index contributed by atoms with van der Waals surface area (Å²) in [6, 6.07) is 3.95. The van der Waals surface area contributed by atoms with Crippen LogP contribution in [0, 0.1) is 0 Å².